The van der Waals surface area contributed by atoms with E-state index in [4.69, 9.17) is 5.73 Å². The van der Waals surface area contributed by atoms with Crippen LogP contribution in [0.1, 0.15) is 12.0 Å². The summed E-state index contributed by atoms with van der Waals surface area (Å²) in [6, 6.07) is 8.40. The van der Waals surface area contributed by atoms with Gasteiger partial charge in [0.25, 0.3) is 0 Å². The Morgan fingerprint density at radius 2 is 2.13 bits per heavy atom. The van der Waals surface area contributed by atoms with Crippen LogP contribution < -0.4 is 5.73 Å². The molecule has 0 amide bonds. The number of hydrogen-bond donors (Lipinski definition) is 1. The average molecular weight is 288 g/mol. The van der Waals surface area contributed by atoms with Crippen molar-refractivity contribution in [2.24, 2.45) is 11.7 Å². The van der Waals surface area contributed by atoms with Crippen molar-refractivity contribution in [1.29, 1.82) is 0 Å². The van der Waals surface area contributed by atoms with Crippen LogP contribution in [-0.2, 0) is 6.42 Å². The van der Waals surface area contributed by atoms with Gasteiger partial charge in [-0.05, 0) is 48.9 Å². The van der Waals surface area contributed by atoms with E-state index in [1.807, 2.05) is 17.8 Å². The monoisotopic (exact) mass is 287 g/mol. The molecule has 1 atom stereocenters. The minimum absolute atomic E-state index is 0.608. The lowest BCUT2D eigenvalue weighted by atomic mass is 9.97. The van der Waals surface area contributed by atoms with Crippen molar-refractivity contribution in [3.8, 4) is 0 Å². The third-order valence-electron chi connectivity index (χ3n) is 2.53. The van der Waals surface area contributed by atoms with E-state index in [9.17, 15) is 0 Å². The Balaban J connectivity index is 2.54. The van der Waals surface area contributed by atoms with Gasteiger partial charge in [0.2, 0.25) is 0 Å². The van der Waals surface area contributed by atoms with Gasteiger partial charge in [0.1, 0.15) is 0 Å². The molecule has 3 heteroatoms. The third-order valence-corrected chi connectivity index (χ3v) is 3.95. The highest BCUT2D eigenvalue weighted by molar-refractivity contribution is 9.10. The van der Waals surface area contributed by atoms with E-state index in [0.717, 1.165) is 13.0 Å². The number of benzene rings is 1. The number of thioether (sulfide) groups is 1. The van der Waals surface area contributed by atoms with Gasteiger partial charge in [0.15, 0.2) is 0 Å². The second-order valence-corrected chi connectivity index (χ2v) is 5.52. The molecule has 1 unspecified atom stereocenters. The fourth-order valence-corrected chi connectivity index (χ4v) is 2.58. The number of nitrogens with two attached hydrogens (primary N) is 1. The van der Waals surface area contributed by atoms with Crippen LogP contribution in [0.15, 0.2) is 28.7 Å². The van der Waals surface area contributed by atoms with E-state index < -0.39 is 0 Å². The lowest BCUT2D eigenvalue weighted by molar-refractivity contribution is 0.522. The van der Waals surface area contributed by atoms with Crippen molar-refractivity contribution >= 4 is 27.7 Å². The Morgan fingerprint density at radius 3 is 2.73 bits per heavy atom. The van der Waals surface area contributed by atoms with Crippen molar-refractivity contribution < 1.29 is 0 Å². The second-order valence-electron chi connectivity index (χ2n) is 3.68. The first-order chi connectivity index (χ1) is 7.27. The van der Waals surface area contributed by atoms with Gasteiger partial charge >= 0.3 is 0 Å². The normalized spacial score (nSPS) is 12.7. The zero-order valence-corrected chi connectivity index (χ0v) is 11.5. The van der Waals surface area contributed by atoms with Gasteiger partial charge in [-0.1, -0.05) is 34.1 Å². The Labute approximate surface area is 105 Å². The van der Waals surface area contributed by atoms with E-state index >= 15 is 0 Å². The summed E-state index contributed by atoms with van der Waals surface area (Å²) in [5, 5.41) is 0. The Bertz CT molecular complexity index is 291. The molecular formula is C12H18BrNS. The molecule has 0 bridgehead atoms. The molecule has 0 spiro atoms. The smallest absolute Gasteiger partial charge is 0.0207 e. The number of halogens is 1. The highest BCUT2D eigenvalue weighted by Crippen LogP contribution is 2.21. The predicted molar refractivity (Wildman–Crippen MR) is 73.4 cm³/mol. The van der Waals surface area contributed by atoms with Crippen molar-refractivity contribution in [2.75, 3.05) is 18.6 Å². The van der Waals surface area contributed by atoms with Gasteiger partial charge in [-0.2, -0.15) is 11.8 Å². The van der Waals surface area contributed by atoms with Crippen LogP contribution >= 0.6 is 27.7 Å². The topological polar surface area (TPSA) is 26.0 Å². The molecule has 0 aliphatic carbocycles. The van der Waals surface area contributed by atoms with Gasteiger partial charge in [-0.15, -0.1) is 0 Å². The SMILES string of the molecule is CSCCC(CN)Cc1ccccc1Br. The molecule has 15 heavy (non-hydrogen) atoms. The zero-order chi connectivity index (χ0) is 11.1. The standard InChI is InChI=1S/C12H18BrNS/c1-15-7-6-10(9-14)8-11-4-2-3-5-12(11)13/h2-5,10H,6-9,14H2,1H3. The maximum Gasteiger partial charge on any atom is 0.0207 e. The van der Waals surface area contributed by atoms with Crippen molar-refractivity contribution in [1.82, 2.24) is 0 Å². The van der Waals surface area contributed by atoms with Crippen molar-refractivity contribution in [2.45, 2.75) is 12.8 Å². The predicted octanol–water partition coefficient (Wildman–Crippen LogP) is 3.32. The molecule has 1 rings (SSSR count). The van der Waals surface area contributed by atoms with E-state index in [1.165, 1.54) is 22.2 Å². The number of hydrogen-bond acceptors (Lipinski definition) is 2. The second kappa shape index (κ2) is 7.31. The lowest BCUT2D eigenvalue weighted by Crippen LogP contribution is -2.17. The minimum atomic E-state index is 0.608. The largest absolute Gasteiger partial charge is 0.330 e. The highest BCUT2D eigenvalue weighted by atomic mass is 79.9. The Hall–Kier alpha value is 0.01000. The molecule has 0 aliphatic heterocycles. The highest BCUT2D eigenvalue weighted by Gasteiger charge is 2.09. The third kappa shape index (κ3) is 4.58. The fraction of sp³-hybridized carbons (Fsp3) is 0.500. The maximum absolute atomic E-state index is 5.79. The summed E-state index contributed by atoms with van der Waals surface area (Å²) in [6.07, 6.45) is 4.43. The molecule has 84 valence electrons. The Morgan fingerprint density at radius 1 is 1.40 bits per heavy atom. The van der Waals surface area contributed by atoms with Gasteiger partial charge < -0.3 is 5.73 Å². The molecule has 0 aromatic heterocycles. The van der Waals surface area contributed by atoms with Gasteiger partial charge in [-0.25, -0.2) is 0 Å². The molecule has 0 saturated heterocycles. The van der Waals surface area contributed by atoms with E-state index in [-0.39, 0.29) is 0 Å². The number of rotatable bonds is 6. The van der Waals surface area contributed by atoms with Crippen molar-refractivity contribution in [3.05, 3.63) is 34.3 Å². The molecule has 0 saturated carbocycles. The average Bonchev–Trinajstić information content (AvgIpc) is 2.26. The van der Waals surface area contributed by atoms with Crippen LogP contribution in [-0.4, -0.2) is 18.6 Å². The van der Waals surface area contributed by atoms with Crippen LogP contribution in [0.5, 0.6) is 0 Å². The zero-order valence-electron chi connectivity index (χ0n) is 9.08. The first-order valence-corrected chi connectivity index (χ1v) is 7.39. The van der Waals surface area contributed by atoms with Crippen LogP contribution in [0.3, 0.4) is 0 Å². The van der Waals surface area contributed by atoms with Gasteiger partial charge in [-0.3, -0.25) is 0 Å². The van der Waals surface area contributed by atoms with Crippen LogP contribution in [0.4, 0.5) is 0 Å². The van der Waals surface area contributed by atoms with Crippen molar-refractivity contribution in [3.63, 3.8) is 0 Å². The summed E-state index contributed by atoms with van der Waals surface area (Å²) < 4.78 is 1.20. The molecule has 0 radical (unpaired) electrons. The van der Waals surface area contributed by atoms with E-state index in [1.54, 1.807) is 0 Å². The van der Waals surface area contributed by atoms with Crippen LogP contribution in [0, 0.1) is 5.92 Å². The fourth-order valence-electron chi connectivity index (χ4n) is 1.56. The molecule has 0 aliphatic rings. The summed E-state index contributed by atoms with van der Waals surface area (Å²) in [5.74, 6) is 1.81. The van der Waals surface area contributed by atoms with Crippen LogP contribution in [0.2, 0.25) is 0 Å². The summed E-state index contributed by atoms with van der Waals surface area (Å²) in [4.78, 5) is 0. The summed E-state index contributed by atoms with van der Waals surface area (Å²) in [5.41, 5.74) is 7.16. The first kappa shape index (κ1) is 13.1. The minimum Gasteiger partial charge on any atom is -0.330 e. The molecule has 2 N–H and O–H groups in total. The molecule has 1 aromatic rings. The Kier molecular flexibility index (Phi) is 6.37. The van der Waals surface area contributed by atoms with Gasteiger partial charge in [0.05, 0.1) is 0 Å². The summed E-state index contributed by atoms with van der Waals surface area (Å²) in [7, 11) is 0. The molecule has 0 fully saturated rings. The first-order valence-electron chi connectivity index (χ1n) is 5.20. The maximum atomic E-state index is 5.79. The summed E-state index contributed by atoms with van der Waals surface area (Å²) in [6.45, 7) is 0.780. The summed E-state index contributed by atoms with van der Waals surface area (Å²) >= 11 is 5.47. The molecule has 1 nitrogen and oxygen atoms in total. The van der Waals surface area contributed by atoms with Gasteiger partial charge in [0, 0.05) is 4.47 Å². The molecular weight excluding hydrogens is 270 g/mol. The molecule has 0 heterocycles. The lowest BCUT2D eigenvalue weighted by Gasteiger charge is -2.14. The molecule has 1 aromatic carbocycles. The van der Waals surface area contributed by atoms with Crippen LogP contribution in [0.25, 0.3) is 0 Å². The quantitative estimate of drug-likeness (QED) is 0.869. The van der Waals surface area contributed by atoms with E-state index in [0.29, 0.717) is 5.92 Å². The van der Waals surface area contributed by atoms with E-state index in [2.05, 4.69) is 40.4 Å².